The highest BCUT2D eigenvalue weighted by molar-refractivity contribution is 7.13. The first-order chi connectivity index (χ1) is 8.83. The van der Waals surface area contributed by atoms with Gasteiger partial charge in [0.05, 0.1) is 6.61 Å². The molecule has 1 N–H and O–H groups in total. The number of fused-ring (bicyclic) bond motifs is 1. The average molecular weight is 260 g/mol. The molecule has 1 aromatic heterocycles. The number of nitrogens with zero attached hydrogens (tertiary/aromatic N) is 1. The van der Waals surface area contributed by atoms with Crippen LogP contribution in [0.25, 0.3) is 0 Å². The first kappa shape index (κ1) is 11.2. The first-order valence-electron chi connectivity index (χ1n) is 5.74. The van der Waals surface area contributed by atoms with E-state index in [0.717, 1.165) is 11.3 Å². The van der Waals surface area contributed by atoms with Gasteiger partial charge in [0, 0.05) is 29.5 Å². The first-order valence-corrected chi connectivity index (χ1v) is 6.62. The molecule has 3 rings (SSSR count). The maximum Gasteiger partial charge on any atom is 0.226 e. The van der Waals surface area contributed by atoms with Crippen LogP contribution in [-0.4, -0.2) is 17.5 Å². The van der Waals surface area contributed by atoms with Crippen LogP contribution in [0.4, 0.5) is 5.13 Å². The molecule has 0 bridgehead atoms. The molecule has 0 saturated heterocycles. The summed E-state index contributed by atoms with van der Waals surface area (Å²) in [5, 5.41) is 5.27. The minimum Gasteiger partial charge on any atom is -0.493 e. The number of hydrogen-bond acceptors (Lipinski definition) is 4. The molecular formula is C13H12N2O2S. The minimum absolute atomic E-state index is 0.0183. The van der Waals surface area contributed by atoms with Crippen molar-refractivity contribution in [3.63, 3.8) is 0 Å². The Kier molecular flexibility index (Phi) is 2.98. The van der Waals surface area contributed by atoms with Crippen LogP contribution in [0.3, 0.4) is 0 Å². The summed E-state index contributed by atoms with van der Waals surface area (Å²) >= 11 is 1.42. The predicted molar refractivity (Wildman–Crippen MR) is 70.0 cm³/mol. The number of amides is 1. The largest absolute Gasteiger partial charge is 0.493 e. The highest BCUT2D eigenvalue weighted by Gasteiger charge is 2.25. The van der Waals surface area contributed by atoms with Crippen molar-refractivity contribution in [1.29, 1.82) is 0 Å². The third-order valence-corrected chi connectivity index (χ3v) is 3.60. The molecule has 2 heterocycles. The lowest BCUT2D eigenvalue weighted by Gasteiger charge is -2.07. The number of para-hydroxylation sites is 1. The van der Waals surface area contributed by atoms with Gasteiger partial charge in [0.2, 0.25) is 5.91 Å². The SMILES string of the molecule is O=C(CC1COc2ccccc21)Nc1nccs1. The molecule has 1 aliphatic rings. The number of hydrogen-bond donors (Lipinski definition) is 1. The Morgan fingerprint density at radius 3 is 3.22 bits per heavy atom. The van der Waals surface area contributed by atoms with Crippen LogP contribution in [0.2, 0.25) is 0 Å². The van der Waals surface area contributed by atoms with Crippen LogP contribution >= 0.6 is 11.3 Å². The Hall–Kier alpha value is -1.88. The maximum absolute atomic E-state index is 11.9. The van der Waals surface area contributed by atoms with Crippen molar-refractivity contribution in [1.82, 2.24) is 4.98 Å². The highest BCUT2D eigenvalue weighted by Crippen LogP contribution is 2.35. The molecule has 1 aromatic carbocycles. The second-order valence-corrected chi connectivity index (χ2v) is 5.03. The summed E-state index contributed by atoms with van der Waals surface area (Å²) in [6.07, 6.45) is 2.10. The Labute approximate surface area is 109 Å². The van der Waals surface area contributed by atoms with Crippen LogP contribution in [0, 0.1) is 0 Å². The second-order valence-electron chi connectivity index (χ2n) is 4.14. The summed E-state index contributed by atoms with van der Waals surface area (Å²) in [7, 11) is 0. The molecule has 92 valence electrons. The van der Waals surface area contributed by atoms with Gasteiger partial charge in [-0.3, -0.25) is 4.79 Å². The number of aromatic nitrogens is 1. The van der Waals surface area contributed by atoms with Crippen LogP contribution in [0.1, 0.15) is 17.9 Å². The van der Waals surface area contributed by atoms with Crippen molar-refractivity contribution in [2.45, 2.75) is 12.3 Å². The van der Waals surface area contributed by atoms with Gasteiger partial charge in [0.1, 0.15) is 5.75 Å². The normalized spacial score (nSPS) is 17.0. The third kappa shape index (κ3) is 2.22. The van der Waals surface area contributed by atoms with Crippen molar-refractivity contribution in [3.05, 3.63) is 41.4 Å². The molecule has 1 amide bonds. The molecule has 4 nitrogen and oxygen atoms in total. The number of thiazole rings is 1. The van der Waals surface area contributed by atoms with E-state index in [1.807, 2.05) is 29.6 Å². The zero-order valence-corrected chi connectivity index (χ0v) is 10.4. The van der Waals surface area contributed by atoms with E-state index in [1.54, 1.807) is 6.20 Å². The number of ether oxygens (including phenoxy) is 1. The molecule has 0 radical (unpaired) electrons. The standard InChI is InChI=1S/C13H12N2O2S/c16-12(15-13-14-5-6-18-13)7-9-8-17-11-4-2-1-3-10(9)11/h1-6,9H,7-8H2,(H,14,15,16). The molecule has 2 aromatic rings. The summed E-state index contributed by atoms with van der Waals surface area (Å²) < 4.78 is 5.55. The fraction of sp³-hybridized carbons (Fsp3) is 0.231. The van der Waals surface area contributed by atoms with Gasteiger partial charge in [-0.25, -0.2) is 4.98 Å². The van der Waals surface area contributed by atoms with Gasteiger partial charge in [-0.1, -0.05) is 18.2 Å². The van der Waals surface area contributed by atoms with Crippen molar-refractivity contribution in [2.24, 2.45) is 0 Å². The molecule has 0 aliphatic carbocycles. The van der Waals surface area contributed by atoms with E-state index < -0.39 is 0 Å². The summed E-state index contributed by atoms with van der Waals surface area (Å²) in [6, 6.07) is 7.87. The average Bonchev–Trinajstić information content (AvgIpc) is 3.00. The quantitative estimate of drug-likeness (QED) is 0.923. The lowest BCUT2D eigenvalue weighted by atomic mass is 9.98. The molecular weight excluding hydrogens is 248 g/mol. The van der Waals surface area contributed by atoms with E-state index in [2.05, 4.69) is 10.3 Å². The lowest BCUT2D eigenvalue weighted by Crippen LogP contribution is -2.16. The van der Waals surface area contributed by atoms with Crippen LogP contribution in [-0.2, 0) is 4.79 Å². The van der Waals surface area contributed by atoms with Crippen molar-refractivity contribution < 1.29 is 9.53 Å². The van der Waals surface area contributed by atoms with Gasteiger partial charge >= 0.3 is 0 Å². The van der Waals surface area contributed by atoms with Gasteiger partial charge in [0.25, 0.3) is 0 Å². The van der Waals surface area contributed by atoms with E-state index >= 15 is 0 Å². The lowest BCUT2D eigenvalue weighted by molar-refractivity contribution is -0.116. The number of rotatable bonds is 3. The van der Waals surface area contributed by atoms with Crippen LogP contribution in [0.15, 0.2) is 35.8 Å². The smallest absolute Gasteiger partial charge is 0.226 e. The zero-order chi connectivity index (χ0) is 12.4. The number of benzene rings is 1. The molecule has 0 spiro atoms. The Bertz CT molecular complexity index is 554. The van der Waals surface area contributed by atoms with Crippen LogP contribution < -0.4 is 10.1 Å². The van der Waals surface area contributed by atoms with E-state index in [4.69, 9.17) is 4.74 Å². The zero-order valence-electron chi connectivity index (χ0n) is 9.63. The van der Waals surface area contributed by atoms with E-state index in [1.165, 1.54) is 11.3 Å². The van der Waals surface area contributed by atoms with Crippen molar-refractivity contribution in [2.75, 3.05) is 11.9 Å². The van der Waals surface area contributed by atoms with Crippen molar-refractivity contribution in [3.8, 4) is 5.75 Å². The fourth-order valence-electron chi connectivity index (χ4n) is 2.08. The number of carbonyl (C=O) groups is 1. The number of nitrogens with one attached hydrogen (secondary N) is 1. The molecule has 1 unspecified atom stereocenters. The summed E-state index contributed by atoms with van der Waals surface area (Å²) in [6.45, 7) is 0.574. The Morgan fingerprint density at radius 2 is 2.39 bits per heavy atom. The van der Waals surface area contributed by atoms with E-state index in [0.29, 0.717) is 18.2 Å². The van der Waals surface area contributed by atoms with E-state index in [9.17, 15) is 4.79 Å². The molecule has 5 heteroatoms. The number of carbonyl (C=O) groups excluding carboxylic acids is 1. The Balaban J connectivity index is 1.66. The summed E-state index contributed by atoms with van der Waals surface area (Å²) in [5.41, 5.74) is 1.12. The maximum atomic E-state index is 11.9. The molecule has 1 aliphatic heterocycles. The van der Waals surface area contributed by atoms with Gasteiger partial charge in [-0.15, -0.1) is 11.3 Å². The minimum atomic E-state index is -0.0183. The highest BCUT2D eigenvalue weighted by atomic mass is 32.1. The summed E-state index contributed by atoms with van der Waals surface area (Å²) in [5.74, 6) is 1.01. The van der Waals surface area contributed by atoms with Gasteiger partial charge in [0.15, 0.2) is 5.13 Å². The fourth-order valence-corrected chi connectivity index (χ4v) is 2.62. The van der Waals surface area contributed by atoms with Crippen LogP contribution in [0.5, 0.6) is 5.75 Å². The van der Waals surface area contributed by atoms with Gasteiger partial charge in [-0.2, -0.15) is 0 Å². The third-order valence-electron chi connectivity index (χ3n) is 2.91. The molecule has 0 fully saturated rings. The monoisotopic (exact) mass is 260 g/mol. The molecule has 18 heavy (non-hydrogen) atoms. The Morgan fingerprint density at radius 1 is 1.50 bits per heavy atom. The number of anilines is 1. The topological polar surface area (TPSA) is 51.2 Å². The van der Waals surface area contributed by atoms with E-state index in [-0.39, 0.29) is 11.8 Å². The predicted octanol–water partition coefficient (Wildman–Crippen LogP) is 2.65. The summed E-state index contributed by atoms with van der Waals surface area (Å²) in [4.78, 5) is 15.9. The van der Waals surface area contributed by atoms with Crippen molar-refractivity contribution >= 4 is 22.4 Å². The molecule has 0 saturated carbocycles. The second kappa shape index (κ2) is 4.78. The molecule has 1 atom stereocenters. The van der Waals surface area contributed by atoms with Gasteiger partial charge < -0.3 is 10.1 Å². The van der Waals surface area contributed by atoms with Gasteiger partial charge in [-0.05, 0) is 6.07 Å².